The Balaban J connectivity index is 2.13. The second-order valence-corrected chi connectivity index (χ2v) is 6.40. The van der Waals surface area contributed by atoms with E-state index in [0.717, 1.165) is 5.56 Å². The molecule has 0 saturated carbocycles. The zero-order chi connectivity index (χ0) is 20.0. The number of esters is 1. The van der Waals surface area contributed by atoms with Crippen LogP contribution in [0.25, 0.3) is 0 Å². The van der Waals surface area contributed by atoms with Gasteiger partial charge in [0.25, 0.3) is 0 Å². The Morgan fingerprint density at radius 1 is 1.15 bits per heavy atom. The van der Waals surface area contributed by atoms with Crippen LogP contribution in [0.1, 0.15) is 29.3 Å². The van der Waals surface area contributed by atoms with Crippen molar-refractivity contribution in [3.8, 4) is 0 Å². The van der Waals surface area contributed by atoms with E-state index in [0.29, 0.717) is 16.4 Å². The van der Waals surface area contributed by atoms with Gasteiger partial charge in [-0.05, 0) is 42.8 Å². The quantitative estimate of drug-likeness (QED) is 0.763. The summed E-state index contributed by atoms with van der Waals surface area (Å²) in [7, 11) is 1.27. The number of methoxy groups -OCH3 is 1. The van der Waals surface area contributed by atoms with E-state index in [1.807, 2.05) is 25.1 Å². The number of aryl methyl sites for hydroxylation is 1. The van der Waals surface area contributed by atoms with Gasteiger partial charge in [-0.3, -0.25) is 9.59 Å². The minimum absolute atomic E-state index is 0.0757. The Bertz CT molecular complexity index is 867. The van der Waals surface area contributed by atoms with E-state index in [4.69, 9.17) is 16.3 Å². The van der Waals surface area contributed by atoms with Gasteiger partial charge in [0.1, 0.15) is 0 Å². The van der Waals surface area contributed by atoms with E-state index in [1.54, 1.807) is 6.07 Å². The number of hydrogen-bond acceptors (Lipinski definition) is 4. The van der Waals surface area contributed by atoms with Gasteiger partial charge in [-0.1, -0.05) is 23.7 Å². The highest BCUT2D eigenvalue weighted by Crippen LogP contribution is 2.28. The van der Waals surface area contributed by atoms with E-state index in [-0.39, 0.29) is 30.3 Å². The minimum atomic E-state index is -0.534. The molecule has 2 aromatic carbocycles. The van der Waals surface area contributed by atoms with E-state index >= 15 is 0 Å². The first kappa shape index (κ1) is 20.5. The molecule has 2 aromatic rings. The van der Waals surface area contributed by atoms with Crippen LogP contribution in [-0.4, -0.2) is 31.4 Å². The summed E-state index contributed by atoms with van der Waals surface area (Å²) in [6.07, 6.45) is 0.0757. The van der Waals surface area contributed by atoms with Gasteiger partial charge < -0.3 is 15.0 Å². The molecule has 0 aliphatic heterocycles. The van der Waals surface area contributed by atoms with E-state index in [2.05, 4.69) is 5.32 Å². The number of ether oxygens (including phenoxy) is 1. The number of carbonyl (C=O) groups is 3. The monoisotopic (exact) mass is 388 g/mol. The molecule has 0 atom stereocenters. The smallest absolute Gasteiger partial charge is 0.337 e. The molecular formula is C20H21ClN2O4. The SMILES string of the molecule is COC(=O)c1ccc(Cl)c(N(CCC(=O)Nc2cccc(C)c2)C(C)=O)c1. The summed E-state index contributed by atoms with van der Waals surface area (Å²) in [5.41, 5.74) is 2.35. The van der Waals surface area contributed by atoms with Gasteiger partial charge in [-0.2, -0.15) is 0 Å². The van der Waals surface area contributed by atoms with Crippen LogP contribution in [0.2, 0.25) is 5.02 Å². The second kappa shape index (κ2) is 9.19. The van der Waals surface area contributed by atoms with Crippen LogP contribution in [0.5, 0.6) is 0 Å². The van der Waals surface area contributed by atoms with Gasteiger partial charge in [-0.15, -0.1) is 0 Å². The molecule has 0 radical (unpaired) electrons. The fourth-order valence-corrected chi connectivity index (χ4v) is 2.79. The number of hydrogen-bond donors (Lipinski definition) is 1. The van der Waals surface area contributed by atoms with Crippen molar-refractivity contribution in [3.63, 3.8) is 0 Å². The zero-order valence-corrected chi connectivity index (χ0v) is 16.2. The van der Waals surface area contributed by atoms with Crippen LogP contribution >= 0.6 is 11.6 Å². The summed E-state index contributed by atoms with van der Waals surface area (Å²) in [5.74, 6) is -1.05. The Kier molecular flexibility index (Phi) is 6.96. The summed E-state index contributed by atoms with van der Waals surface area (Å²) in [6.45, 7) is 3.43. The van der Waals surface area contributed by atoms with Crippen LogP contribution in [0.15, 0.2) is 42.5 Å². The first-order valence-electron chi connectivity index (χ1n) is 8.34. The number of benzene rings is 2. The second-order valence-electron chi connectivity index (χ2n) is 6.00. The molecule has 6 nitrogen and oxygen atoms in total. The number of halogens is 1. The molecule has 142 valence electrons. The lowest BCUT2D eigenvalue weighted by atomic mass is 10.1. The number of amides is 2. The molecule has 0 saturated heterocycles. The molecule has 1 N–H and O–H groups in total. The molecule has 0 aliphatic carbocycles. The fraction of sp³-hybridized carbons (Fsp3) is 0.250. The van der Waals surface area contributed by atoms with Crippen LogP contribution in [0.3, 0.4) is 0 Å². The summed E-state index contributed by atoms with van der Waals surface area (Å²) < 4.78 is 4.70. The highest BCUT2D eigenvalue weighted by Gasteiger charge is 2.18. The third-order valence-corrected chi connectivity index (χ3v) is 4.22. The summed E-state index contributed by atoms with van der Waals surface area (Å²) in [5, 5.41) is 3.10. The Hall–Kier alpha value is -2.86. The van der Waals surface area contributed by atoms with Gasteiger partial charge in [0, 0.05) is 25.6 Å². The maximum absolute atomic E-state index is 12.2. The Morgan fingerprint density at radius 3 is 2.52 bits per heavy atom. The van der Waals surface area contributed by atoms with Gasteiger partial charge in [0.05, 0.1) is 23.4 Å². The number of nitrogens with one attached hydrogen (secondary N) is 1. The van der Waals surface area contributed by atoms with Crippen molar-refractivity contribution in [3.05, 3.63) is 58.6 Å². The molecule has 2 amide bonds. The third kappa shape index (κ3) is 5.56. The van der Waals surface area contributed by atoms with E-state index < -0.39 is 5.97 Å². The van der Waals surface area contributed by atoms with Gasteiger partial charge >= 0.3 is 5.97 Å². The van der Waals surface area contributed by atoms with Gasteiger partial charge in [0.2, 0.25) is 11.8 Å². The summed E-state index contributed by atoms with van der Waals surface area (Å²) >= 11 is 6.20. The van der Waals surface area contributed by atoms with Crippen molar-refractivity contribution in [1.29, 1.82) is 0 Å². The molecule has 0 bridgehead atoms. The largest absolute Gasteiger partial charge is 0.465 e. The first-order chi connectivity index (χ1) is 12.8. The van der Waals surface area contributed by atoms with Crippen molar-refractivity contribution in [2.24, 2.45) is 0 Å². The topological polar surface area (TPSA) is 75.7 Å². The molecule has 0 spiro atoms. The average Bonchev–Trinajstić information content (AvgIpc) is 2.62. The highest BCUT2D eigenvalue weighted by atomic mass is 35.5. The predicted molar refractivity (Wildman–Crippen MR) is 105 cm³/mol. The molecule has 0 fully saturated rings. The number of anilines is 2. The minimum Gasteiger partial charge on any atom is -0.465 e. The van der Waals surface area contributed by atoms with Gasteiger partial charge in [-0.25, -0.2) is 4.79 Å². The molecule has 7 heteroatoms. The van der Waals surface area contributed by atoms with Crippen LogP contribution in [-0.2, 0) is 14.3 Å². The molecule has 0 heterocycles. The molecule has 27 heavy (non-hydrogen) atoms. The normalized spacial score (nSPS) is 10.2. The molecule has 0 unspecified atom stereocenters. The van der Waals surface area contributed by atoms with Gasteiger partial charge in [0.15, 0.2) is 0 Å². The average molecular weight is 389 g/mol. The van der Waals surface area contributed by atoms with Crippen molar-refractivity contribution in [1.82, 2.24) is 0 Å². The number of carbonyl (C=O) groups excluding carboxylic acids is 3. The number of rotatable bonds is 6. The number of nitrogens with zero attached hydrogens (tertiary/aromatic N) is 1. The molecular weight excluding hydrogens is 368 g/mol. The van der Waals surface area contributed by atoms with Crippen LogP contribution in [0.4, 0.5) is 11.4 Å². The van der Waals surface area contributed by atoms with Crippen LogP contribution in [0, 0.1) is 6.92 Å². The maximum atomic E-state index is 12.2. The summed E-state index contributed by atoms with van der Waals surface area (Å²) in [4.78, 5) is 37.4. The maximum Gasteiger partial charge on any atom is 0.337 e. The van der Waals surface area contributed by atoms with Crippen molar-refractivity contribution < 1.29 is 19.1 Å². The van der Waals surface area contributed by atoms with E-state index in [9.17, 15) is 14.4 Å². The lowest BCUT2D eigenvalue weighted by Gasteiger charge is -2.22. The fourth-order valence-electron chi connectivity index (χ4n) is 2.57. The Labute approximate surface area is 163 Å². The zero-order valence-electron chi connectivity index (χ0n) is 15.4. The standard InChI is InChI=1S/C20H21ClN2O4/c1-13-5-4-6-16(11-13)22-19(25)9-10-23(14(2)24)18-12-15(20(26)27-3)7-8-17(18)21/h4-8,11-12H,9-10H2,1-3H3,(H,22,25). The highest BCUT2D eigenvalue weighted by molar-refractivity contribution is 6.34. The summed E-state index contributed by atoms with van der Waals surface area (Å²) in [6, 6.07) is 12.0. The molecule has 0 aliphatic rings. The molecule has 2 rings (SSSR count). The lowest BCUT2D eigenvalue weighted by Crippen LogP contribution is -2.32. The Morgan fingerprint density at radius 2 is 1.89 bits per heavy atom. The van der Waals surface area contributed by atoms with Crippen molar-refractivity contribution in [2.75, 3.05) is 23.9 Å². The molecule has 0 aromatic heterocycles. The predicted octanol–water partition coefficient (Wildman–Crippen LogP) is 3.82. The van der Waals surface area contributed by atoms with Crippen molar-refractivity contribution in [2.45, 2.75) is 20.3 Å². The van der Waals surface area contributed by atoms with Crippen molar-refractivity contribution >= 4 is 40.8 Å². The lowest BCUT2D eigenvalue weighted by molar-refractivity contribution is -0.117. The third-order valence-electron chi connectivity index (χ3n) is 3.90. The first-order valence-corrected chi connectivity index (χ1v) is 8.72. The van der Waals surface area contributed by atoms with E-state index in [1.165, 1.54) is 37.1 Å². The van der Waals surface area contributed by atoms with Crippen LogP contribution < -0.4 is 10.2 Å².